The minimum absolute atomic E-state index is 0.448. The Labute approximate surface area is 93.2 Å². The van der Waals surface area contributed by atoms with E-state index in [4.69, 9.17) is 9.84 Å². The summed E-state index contributed by atoms with van der Waals surface area (Å²) in [6.45, 7) is 0. The van der Waals surface area contributed by atoms with Crippen molar-refractivity contribution in [1.82, 2.24) is 10.6 Å². The van der Waals surface area contributed by atoms with Crippen LogP contribution in [-0.2, 0) is 0 Å². The van der Waals surface area contributed by atoms with Crippen LogP contribution in [0, 0.1) is 0 Å². The molecule has 2 amide bonds. The fourth-order valence-electron chi connectivity index (χ4n) is 0.647. The molecule has 0 aliphatic rings. The van der Waals surface area contributed by atoms with E-state index >= 15 is 0 Å². The molecule has 0 heterocycles. The van der Waals surface area contributed by atoms with Crippen LogP contribution in [0.4, 0.5) is 9.59 Å². The number of benzene rings is 1. The van der Waals surface area contributed by atoms with Gasteiger partial charge in [0.1, 0.15) is 5.75 Å². The van der Waals surface area contributed by atoms with Crippen LogP contribution < -0.4 is 15.4 Å². The molecule has 3 N–H and O–H groups in total. The molecule has 6 nitrogen and oxygen atoms in total. The fraction of sp³-hybridized carbons (Fsp3) is 0.200. The summed E-state index contributed by atoms with van der Waals surface area (Å²) < 4.78 is 4.81. The molecular weight excluding hydrogens is 212 g/mol. The smallest absolute Gasteiger partial charge is 0.412 e. The van der Waals surface area contributed by atoms with E-state index < -0.39 is 12.2 Å². The molecule has 0 saturated carbocycles. The number of para-hydroxylation sites is 1. The van der Waals surface area contributed by atoms with Crippen molar-refractivity contribution in [2.45, 2.75) is 0 Å². The van der Waals surface area contributed by atoms with E-state index in [1.54, 1.807) is 24.3 Å². The summed E-state index contributed by atoms with van der Waals surface area (Å²) in [6, 6.07) is 8.90. The highest BCUT2D eigenvalue weighted by molar-refractivity contribution is 5.69. The molecule has 0 aliphatic carbocycles. The number of ether oxygens (including phenoxy) is 1. The minimum atomic E-state index is -0.995. The lowest BCUT2D eigenvalue weighted by Crippen LogP contribution is -2.21. The standard InChI is InChI=1S/C8H9NO2.C2H5NO2/c1-9-8(10)11-7-5-3-2-4-6-7;1-3-2(4)5/h2-6H,1H3,(H,9,10);3H,1H3,(H,4,5). The van der Waals surface area contributed by atoms with Crippen LogP contribution in [0.15, 0.2) is 30.3 Å². The average Bonchev–Trinajstić information content (AvgIpc) is 2.31. The predicted molar refractivity (Wildman–Crippen MR) is 58.6 cm³/mol. The fourth-order valence-corrected chi connectivity index (χ4v) is 0.647. The number of hydrogen-bond acceptors (Lipinski definition) is 3. The average molecular weight is 226 g/mol. The highest BCUT2D eigenvalue weighted by atomic mass is 16.5. The molecule has 88 valence electrons. The van der Waals surface area contributed by atoms with E-state index in [9.17, 15) is 9.59 Å². The molecule has 1 rings (SSSR count). The molecule has 0 spiro atoms. The largest absolute Gasteiger partial charge is 0.465 e. The van der Waals surface area contributed by atoms with Gasteiger partial charge in [0.2, 0.25) is 0 Å². The zero-order valence-corrected chi connectivity index (χ0v) is 9.06. The number of amides is 2. The van der Waals surface area contributed by atoms with Crippen LogP contribution in [0.2, 0.25) is 0 Å². The van der Waals surface area contributed by atoms with Crippen LogP contribution in [-0.4, -0.2) is 31.4 Å². The van der Waals surface area contributed by atoms with Crippen LogP contribution in [0.5, 0.6) is 5.75 Å². The van der Waals surface area contributed by atoms with E-state index in [-0.39, 0.29) is 0 Å². The Morgan fingerprint density at radius 3 is 2.00 bits per heavy atom. The molecule has 16 heavy (non-hydrogen) atoms. The number of carboxylic acid groups (broad SMARTS) is 1. The zero-order valence-electron chi connectivity index (χ0n) is 9.06. The Kier molecular flexibility index (Phi) is 6.97. The summed E-state index contributed by atoms with van der Waals surface area (Å²) in [4.78, 5) is 19.9. The minimum Gasteiger partial charge on any atom is -0.465 e. The van der Waals surface area contributed by atoms with Gasteiger partial charge in [-0.3, -0.25) is 0 Å². The summed E-state index contributed by atoms with van der Waals surface area (Å²) >= 11 is 0. The third-order valence-electron chi connectivity index (χ3n) is 1.37. The monoisotopic (exact) mass is 226 g/mol. The molecule has 0 radical (unpaired) electrons. The Bertz CT molecular complexity index is 327. The van der Waals surface area contributed by atoms with Crippen LogP contribution >= 0.6 is 0 Å². The van der Waals surface area contributed by atoms with Gasteiger partial charge in [-0.1, -0.05) is 18.2 Å². The van der Waals surface area contributed by atoms with Gasteiger partial charge in [0.25, 0.3) is 0 Å². The second-order valence-corrected chi connectivity index (χ2v) is 2.51. The highest BCUT2D eigenvalue weighted by Crippen LogP contribution is 2.07. The molecular formula is C10H14N2O4. The first-order chi connectivity index (χ1) is 7.60. The summed E-state index contributed by atoms with van der Waals surface area (Å²) in [7, 11) is 2.87. The Morgan fingerprint density at radius 2 is 1.62 bits per heavy atom. The maximum absolute atomic E-state index is 10.6. The van der Waals surface area contributed by atoms with Gasteiger partial charge >= 0.3 is 12.2 Å². The van der Waals surface area contributed by atoms with Gasteiger partial charge in [-0.05, 0) is 12.1 Å². The van der Waals surface area contributed by atoms with Gasteiger partial charge in [0, 0.05) is 14.1 Å². The lowest BCUT2D eigenvalue weighted by atomic mass is 10.3. The number of nitrogens with one attached hydrogen (secondary N) is 2. The molecule has 0 aromatic heterocycles. The zero-order chi connectivity index (χ0) is 12.4. The van der Waals surface area contributed by atoms with Gasteiger partial charge < -0.3 is 20.5 Å². The second-order valence-electron chi connectivity index (χ2n) is 2.51. The van der Waals surface area contributed by atoms with Crippen molar-refractivity contribution in [1.29, 1.82) is 0 Å². The normalized spacial score (nSPS) is 8.12. The quantitative estimate of drug-likeness (QED) is 0.673. The SMILES string of the molecule is CNC(=O)O.CNC(=O)Oc1ccccc1. The van der Waals surface area contributed by atoms with Gasteiger partial charge in [-0.15, -0.1) is 0 Å². The molecule has 6 heteroatoms. The molecule has 0 saturated heterocycles. The predicted octanol–water partition coefficient (Wildman–Crippen LogP) is 1.29. The van der Waals surface area contributed by atoms with Crippen molar-refractivity contribution in [3.8, 4) is 5.75 Å². The van der Waals surface area contributed by atoms with Crippen LogP contribution in [0.25, 0.3) is 0 Å². The van der Waals surface area contributed by atoms with E-state index in [1.807, 2.05) is 11.4 Å². The van der Waals surface area contributed by atoms with Crippen molar-refractivity contribution in [3.05, 3.63) is 30.3 Å². The van der Waals surface area contributed by atoms with Crippen molar-refractivity contribution in [2.24, 2.45) is 0 Å². The van der Waals surface area contributed by atoms with Crippen LogP contribution in [0.1, 0.15) is 0 Å². The number of carbonyl (C=O) groups excluding carboxylic acids is 1. The van der Waals surface area contributed by atoms with Gasteiger partial charge in [-0.25, -0.2) is 9.59 Å². The second kappa shape index (κ2) is 8.10. The van der Waals surface area contributed by atoms with Gasteiger partial charge in [0.05, 0.1) is 0 Å². The van der Waals surface area contributed by atoms with Crippen molar-refractivity contribution >= 4 is 12.2 Å². The molecule has 1 aromatic carbocycles. The van der Waals surface area contributed by atoms with Crippen molar-refractivity contribution in [3.63, 3.8) is 0 Å². The van der Waals surface area contributed by atoms with E-state index in [0.29, 0.717) is 5.75 Å². The summed E-state index contributed by atoms with van der Waals surface area (Å²) in [5.74, 6) is 0.548. The van der Waals surface area contributed by atoms with E-state index in [1.165, 1.54) is 14.1 Å². The molecule has 0 fully saturated rings. The van der Waals surface area contributed by atoms with Crippen molar-refractivity contribution in [2.75, 3.05) is 14.1 Å². The summed E-state index contributed by atoms with van der Waals surface area (Å²) in [5, 5.41) is 11.9. The van der Waals surface area contributed by atoms with Gasteiger partial charge in [-0.2, -0.15) is 0 Å². The highest BCUT2D eigenvalue weighted by Gasteiger charge is 1.97. The number of carbonyl (C=O) groups is 2. The Balaban J connectivity index is 0.000000385. The summed E-state index contributed by atoms with van der Waals surface area (Å²) in [5.41, 5.74) is 0. The van der Waals surface area contributed by atoms with E-state index in [2.05, 4.69) is 5.32 Å². The molecule has 0 unspecified atom stereocenters. The maximum Gasteiger partial charge on any atom is 0.412 e. The molecule has 0 aliphatic heterocycles. The topological polar surface area (TPSA) is 87.7 Å². The molecule has 0 atom stereocenters. The number of rotatable bonds is 1. The van der Waals surface area contributed by atoms with E-state index in [0.717, 1.165) is 0 Å². The summed E-state index contributed by atoms with van der Waals surface area (Å²) in [6.07, 6.45) is -1.44. The Morgan fingerprint density at radius 1 is 1.12 bits per heavy atom. The number of hydrogen-bond donors (Lipinski definition) is 3. The first-order valence-corrected chi connectivity index (χ1v) is 4.45. The Hall–Kier alpha value is -2.24. The van der Waals surface area contributed by atoms with Gasteiger partial charge in [0.15, 0.2) is 0 Å². The lowest BCUT2D eigenvalue weighted by Gasteiger charge is -2.00. The maximum atomic E-state index is 10.6. The lowest BCUT2D eigenvalue weighted by molar-refractivity contribution is 0.197. The molecule has 0 bridgehead atoms. The first-order valence-electron chi connectivity index (χ1n) is 4.45. The third kappa shape index (κ3) is 7.19. The molecule has 1 aromatic rings. The van der Waals surface area contributed by atoms with Crippen molar-refractivity contribution < 1.29 is 19.4 Å². The third-order valence-corrected chi connectivity index (χ3v) is 1.37. The van der Waals surface area contributed by atoms with Crippen LogP contribution in [0.3, 0.4) is 0 Å². The first kappa shape index (κ1) is 13.8.